The third-order valence-corrected chi connectivity index (χ3v) is 6.09. The van der Waals surface area contributed by atoms with E-state index >= 15 is 0 Å². The van der Waals surface area contributed by atoms with Crippen molar-refractivity contribution in [3.63, 3.8) is 0 Å². The van der Waals surface area contributed by atoms with E-state index in [1.165, 1.54) is 0 Å². The number of aromatic nitrogens is 1. The van der Waals surface area contributed by atoms with E-state index in [-0.39, 0.29) is 30.6 Å². The Morgan fingerprint density at radius 3 is 2.77 bits per heavy atom. The summed E-state index contributed by atoms with van der Waals surface area (Å²) < 4.78 is 6.06. The van der Waals surface area contributed by atoms with Crippen molar-refractivity contribution in [1.82, 2.24) is 15.2 Å². The number of morpholine rings is 1. The minimum absolute atomic E-state index is 0.00553. The van der Waals surface area contributed by atoms with Crippen LogP contribution in [-0.4, -0.2) is 60.6 Å². The lowest BCUT2D eigenvalue weighted by Crippen LogP contribution is -2.67. The highest BCUT2D eigenvalue weighted by atomic mass is 16.5. The van der Waals surface area contributed by atoms with Gasteiger partial charge in [0.2, 0.25) is 5.91 Å². The van der Waals surface area contributed by atoms with Crippen LogP contribution in [0.2, 0.25) is 0 Å². The second-order valence-corrected chi connectivity index (χ2v) is 8.27. The highest BCUT2D eigenvalue weighted by molar-refractivity contribution is 5.95. The van der Waals surface area contributed by atoms with Gasteiger partial charge in [-0.05, 0) is 38.0 Å². The quantitative estimate of drug-likeness (QED) is 0.839. The van der Waals surface area contributed by atoms with Crippen molar-refractivity contribution < 1.29 is 14.3 Å². The van der Waals surface area contributed by atoms with Crippen LogP contribution in [0, 0.1) is 0 Å². The molecule has 0 bridgehead atoms. The van der Waals surface area contributed by atoms with Gasteiger partial charge < -0.3 is 19.9 Å². The van der Waals surface area contributed by atoms with Gasteiger partial charge in [0.1, 0.15) is 18.5 Å². The number of benzene rings is 1. The zero-order valence-electron chi connectivity index (χ0n) is 17.7. The summed E-state index contributed by atoms with van der Waals surface area (Å²) in [6.45, 7) is 5.25. The lowest BCUT2D eigenvalue weighted by atomic mass is 9.76. The van der Waals surface area contributed by atoms with E-state index in [0.717, 1.165) is 11.4 Å². The molecule has 2 aliphatic heterocycles. The summed E-state index contributed by atoms with van der Waals surface area (Å²) in [4.78, 5) is 33.4. The molecular formula is C23H28N4O3. The van der Waals surface area contributed by atoms with E-state index < -0.39 is 5.54 Å². The molecule has 2 aliphatic rings. The molecule has 30 heavy (non-hydrogen) atoms. The van der Waals surface area contributed by atoms with Crippen LogP contribution in [0.5, 0.6) is 0 Å². The molecule has 3 heterocycles. The standard InChI is InChI=1S/C23H28N4O3/c1-16(2)25-22(29)17-9-11-24-20(13-17)27-12-10-23(18-7-5-4-6-8-18)19(14-27)30-15-21(28)26(23)3/h4-9,11,13,16,19H,10,12,14-15H2,1-3H3,(H,25,29)/t19-,23+/m1/s1. The van der Waals surface area contributed by atoms with Crippen LogP contribution in [0.25, 0.3) is 0 Å². The molecule has 4 rings (SSSR count). The number of ether oxygens (including phenoxy) is 1. The Morgan fingerprint density at radius 1 is 1.27 bits per heavy atom. The van der Waals surface area contributed by atoms with Gasteiger partial charge in [0, 0.05) is 37.9 Å². The smallest absolute Gasteiger partial charge is 0.251 e. The molecule has 2 amide bonds. The molecule has 7 nitrogen and oxygen atoms in total. The summed E-state index contributed by atoms with van der Waals surface area (Å²) in [6, 6.07) is 13.7. The van der Waals surface area contributed by atoms with Gasteiger partial charge in [0.15, 0.2) is 0 Å². The van der Waals surface area contributed by atoms with E-state index in [2.05, 4.69) is 27.3 Å². The summed E-state index contributed by atoms with van der Waals surface area (Å²) in [6.07, 6.45) is 2.20. The van der Waals surface area contributed by atoms with E-state index in [0.29, 0.717) is 25.1 Å². The van der Waals surface area contributed by atoms with Gasteiger partial charge in [-0.25, -0.2) is 4.98 Å². The summed E-state index contributed by atoms with van der Waals surface area (Å²) in [5.41, 5.74) is 1.17. The number of anilines is 1. The number of carbonyl (C=O) groups is 2. The fraction of sp³-hybridized carbons (Fsp3) is 0.435. The molecule has 0 unspecified atom stereocenters. The lowest BCUT2D eigenvalue weighted by molar-refractivity contribution is -0.173. The SMILES string of the molecule is CC(C)NC(=O)c1ccnc(N2CC[C@]3(c4ccccc4)[C@@H](C2)OCC(=O)N3C)c1. The van der Waals surface area contributed by atoms with Crippen molar-refractivity contribution >= 4 is 17.6 Å². The fourth-order valence-electron chi connectivity index (χ4n) is 4.51. The van der Waals surface area contributed by atoms with Gasteiger partial charge in [-0.15, -0.1) is 0 Å². The Balaban J connectivity index is 1.62. The van der Waals surface area contributed by atoms with E-state index in [1.54, 1.807) is 12.3 Å². The molecule has 0 saturated carbocycles. The number of hydrogen-bond acceptors (Lipinski definition) is 5. The Bertz CT molecular complexity index is 933. The van der Waals surface area contributed by atoms with Crippen LogP contribution in [0.3, 0.4) is 0 Å². The van der Waals surface area contributed by atoms with Crippen molar-refractivity contribution in [3.05, 3.63) is 59.8 Å². The van der Waals surface area contributed by atoms with E-state index in [1.807, 2.05) is 50.1 Å². The molecule has 1 aromatic carbocycles. The van der Waals surface area contributed by atoms with E-state index in [4.69, 9.17) is 4.74 Å². The Labute approximate surface area is 177 Å². The molecule has 2 aromatic rings. The zero-order valence-corrected chi connectivity index (χ0v) is 17.7. The van der Waals surface area contributed by atoms with Gasteiger partial charge >= 0.3 is 0 Å². The van der Waals surface area contributed by atoms with Gasteiger partial charge in [-0.2, -0.15) is 0 Å². The molecule has 0 radical (unpaired) electrons. The van der Waals surface area contributed by atoms with Crippen LogP contribution in [0.4, 0.5) is 5.82 Å². The molecule has 1 N–H and O–H groups in total. The molecule has 2 saturated heterocycles. The molecule has 1 aromatic heterocycles. The van der Waals surface area contributed by atoms with Crippen LogP contribution in [0.1, 0.15) is 36.2 Å². The molecule has 7 heteroatoms. The lowest BCUT2D eigenvalue weighted by Gasteiger charge is -2.55. The molecule has 0 spiro atoms. The maximum Gasteiger partial charge on any atom is 0.251 e. The first-order valence-corrected chi connectivity index (χ1v) is 10.4. The minimum Gasteiger partial charge on any atom is -0.364 e. The molecule has 2 fully saturated rings. The maximum absolute atomic E-state index is 12.5. The second kappa shape index (κ2) is 8.07. The maximum atomic E-state index is 12.5. The molecule has 2 atom stereocenters. The van der Waals surface area contributed by atoms with Crippen LogP contribution in [-0.2, 0) is 15.1 Å². The average Bonchev–Trinajstić information content (AvgIpc) is 2.76. The molecule has 158 valence electrons. The first kappa shape index (κ1) is 20.3. The van der Waals surface area contributed by atoms with Gasteiger partial charge in [-0.3, -0.25) is 9.59 Å². The highest BCUT2D eigenvalue weighted by Crippen LogP contribution is 2.42. The van der Waals surface area contributed by atoms with Gasteiger partial charge in [-0.1, -0.05) is 30.3 Å². The van der Waals surface area contributed by atoms with Crippen LogP contribution >= 0.6 is 0 Å². The van der Waals surface area contributed by atoms with Gasteiger partial charge in [0.25, 0.3) is 5.91 Å². The number of piperidine rings is 1. The number of pyridine rings is 1. The number of rotatable bonds is 4. The fourth-order valence-corrected chi connectivity index (χ4v) is 4.51. The third-order valence-electron chi connectivity index (χ3n) is 6.09. The number of hydrogen-bond donors (Lipinski definition) is 1. The predicted molar refractivity (Wildman–Crippen MR) is 114 cm³/mol. The second-order valence-electron chi connectivity index (χ2n) is 8.27. The predicted octanol–water partition coefficient (Wildman–Crippen LogP) is 2.18. The Kier molecular flexibility index (Phi) is 5.47. The average molecular weight is 409 g/mol. The first-order valence-electron chi connectivity index (χ1n) is 10.4. The van der Waals surface area contributed by atoms with Crippen molar-refractivity contribution in [2.75, 3.05) is 31.6 Å². The normalized spacial score (nSPS) is 24.0. The van der Waals surface area contributed by atoms with Crippen LogP contribution in [0.15, 0.2) is 48.7 Å². The van der Waals surface area contributed by atoms with Crippen molar-refractivity contribution in [2.24, 2.45) is 0 Å². The van der Waals surface area contributed by atoms with E-state index in [9.17, 15) is 9.59 Å². The topological polar surface area (TPSA) is 74.8 Å². The highest BCUT2D eigenvalue weighted by Gasteiger charge is 2.52. The number of amides is 2. The number of likely N-dealkylation sites (N-methyl/N-ethyl adjacent to an activating group) is 1. The molecule has 0 aliphatic carbocycles. The number of fused-ring (bicyclic) bond motifs is 1. The summed E-state index contributed by atoms with van der Waals surface area (Å²) in [5.74, 6) is 0.633. The monoisotopic (exact) mass is 408 g/mol. The van der Waals surface area contributed by atoms with Crippen molar-refractivity contribution in [2.45, 2.75) is 38.0 Å². The minimum atomic E-state index is -0.500. The van der Waals surface area contributed by atoms with Crippen molar-refractivity contribution in [1.29, 1.82) is 0 Å². The Hall–Kier alpha value is -2.93. The summed E-state index contributed by atoms with van der Waals surface area (Å²) in [7, 11) is 1.87. The molecular weight excluding hydrogens is 380 g/mol. The number of nitrogens with one attached hydrogen (secondary N) is 1. The van der Waals surface area contributed by atoms with Gasteiger partial charge in [0.05, 0.1) is 5.54 Å². The zero-order chi connectivity index (χ0) is 21.3. The first-order chi connectivity index (χ1) is 14.4. The van der Waals surface area contributed by atoms with Crippen molar-refractivity contribution in [3.8, 4) is 0 Å². The Morgan fingerprint density at radius 2 is 2.03 bits per heavy atom. The summed E-state index contributed by atoms with van der Waals surface area (Å²) in [5, 5.41) is 2.92. The van der Waals surface area contributed by atoms with Crippen LogP contribution < -0.4 is 10.2 Å². The largest absolute Gasteiger partial charge is 0.364 e. The number of nitrogens with zero attached hydrogens (tertiary/aromatic N) is 3. The third kappa shape index (κ3) is 3.54. The summed E-state index contributed by atoms with van der Waals surface area (Å²) >= 11 is 0. The number of carbonyl (C=O) groups excluding carboxylic acids is 2.